The van der Waals surface area contributed by atoms with Crippen molar-refractivity contribution in [2.24, 2.45) is 0 Å². The predicted octanol–water partition coefficient (Wildman–Crippen LogP) is 2.93. The molecule has 1 aliphatic heterocycles. The first kappa shape index (κ1) is 13.6. The molecule has 2 aromatic rings. The van der Waals surface area contributed by atoms with Gasteiger partial charge in [0.05, 0.1) is 11.4 Å². The zero-order valence-electron chi connectivity index (χ0n) is 11.3. The highest BCUT2D eigenvalue weighted by atomic mass is 35.5. The fraction of sp³-hybridized carbons (Fsp3) is 0.133. The Balaban J connectivity index is 1.92. The van der Waals surface area contributed by atoms with Crippen LogP contribution in [-0.4, -0.2) is 19.7 Å². The maximum absolute atomic E-state index is 12.5. The molecule has 3 rings (SSSR count). The number of nitrogens with two attached hydrogens (primary N) is 1. The van der Waals surface area contributed by atoms with Gasteiger partial charge in [0.1, 0.15) is 0 Å². The van der Waals surface area contributed by atoms with Crippen molar-refractivity contribution < 1.29 is 14.3 Å². The Kier molecular flexibility index (Phi) is 3.35. The van der Waals surface area contributed by atoms with Crippen LogP contribution in [0.5, 0.6) is 11.5 Å². The third kappa shape index (κ3) is 2.48. The molecule has 1 aliphatic rings. The fourth-order valence-electron chi connectivity index (χ4n) is 2.14. The number of benzene rings is 2. The molecule has 1 heterocycles. The predicted molar refractivity (Wildman–Crippen MR) is 81.2 cm³/mol. The van der Waals surface area contributed by atoms with Crippen LogP contribution in [0.3, 0.4) is 0 Å². The van der Waals surface area contributed by atoms with Crippen molar-refractivity contribution >= 4 is 28.9 Å². The largest absolute Gasteiger partial charge is 0.454 e. The van der Waals surface area contributed by atoms with Crippen molar-refractivity contribution in [1.29, 1.82) is 0 Å². The molecule has 0 unspecified atom stereocenters. The number of ether oxygens (including phenoxy) is 2. The lowest BCUT2D eigenvalue weighted by atomic mass is 10.1. The highest BCUT2D eigenvalue weighted by Gasteiger charge is 2.20. The molecule has 0 spiro atoms. The lowest BCUT2D eigenvalue weighted by Gasteiger charge is -2.19. The van der Waals surface area contributed by atoms with E-state index in [0.29, 0.717) is 33.5 Å². The van der Waals surface area contributed by atoms with E-state index in [2.05, 4.69) is 0 Å². The minimum Gasteiger partial charge on any atom is -0.454 e. The van der Waals surface area contributed by atoms with E-state index in [1.165, 1.54) is 4.90 Å². The summed E-state index contributed by atoms with van der Waals surface area (Å²) in [5, 5.41) is 0.518. The van der Waals surface area contributed by atoms with Crippen LogP contribution in [0.25, 0.3) is 0 Å². The van der Waals surface area contributed by atoms with Crippen LogP contribution in [0.1, 0.15) is 10.4 Å². The van der Waals surface area contributed by atoms with Gasteiger partial charge in [-0.25, -0.2) is 0 Å². The Bertz CT molecular complexity index is 718. The molecule has 108 valence electrons. The van der Waals surface area contributed by atoms with Gasteiger partial charge in [-0.2, -0.15) is 0 Å². The standard InChI is InChI=1S/C15H13ClN2O3/c1-18(12-7-10(16)3-4-11(12)17)15(19)9-2-5-13-14(6-9)21-8-20-13/h2-7H,8,17H2,1H3. The average Bonchev–Trinajstić information content (AvgIpc) is 2.95. The van der Waals surface area contributed by atoms with Crippen molar-refractivity contribution in [3.8, 4) is 11.5 Å². The minimum atomic E-state index is -0.206. The number of anilines is 2. The normalized spacial score (nSPS) is 12.3. The zero-order valence-corrected chi connectivity index (χ0v) is 12.1. The van der Waals surface area contributed by atoms with Crippen LogP contribution in [0, 0.1) is 0 Å². The van der Waals surface area contributed by atoms with Crippen LogP contribution in [0.15, 0.2) is 36.4 Å². The van der Waals surface area contributed by atoms with E-state index >= 15 is 0 Å². The Morgan fingerprint density at radius 3 is 2.76 bits per heavy atom. The van der Waals surface area contributed by atoms with Crippen LogP contribution in [0.2, 0.25) is 5.02 Å². The van der Waals surface area contributed by atoms with Gasteiger partial charge in [-0.1, -0.05) is 11.6 Å². The molecule has 0 aromatic heterocycles. The van der Waals surface area contributed by atoms with Crippen molar-refractivity contribution in [2.75, 3.05) is 24.5 Å². The maximum Gasteiger partial charge on any atom is 0.258 e. The first-order valence-corrected chi connectivity index (χ1v) is 6.67. The summed E-state index contributed by atoms with van der Waals surface area (Å²) in [6.07, 6.45) is 0. The SMILES string of the molecule is CN(C(=O)c1ccc2c(c1)OCO2)c1cc(Cl)ccc1N. The first-order valence-electron chi connectivity index (χ1n) is 6.29. The summed E-state index contributed by atoms with van der Waals surface area (Å²) < 4.78 is 10.5. The highest BCUT2D eigenvalue weighted by Crippen LogP contribution is 2.33. The van der Waals surface area contributed by atoms with Gasteiger partial charge in [-0.15, -0.1) is 0 Å². The van der Waals surface area contributed by atoms with Crippen molar-refractivity contribution in [3.05, 3.63) is 47.0 Å². The summed E-state index contributed by atoms with van der Waals surface area (Å²) in [5.41, 5.74) is 7.43. The molecule has 6 heteroatoms. The summed E-state index contributed by atoms with van der Waals surface area (Å²) in [6.45, 7) is 0.171. The number of amides is 1. The molecule has 2 aromatic carbocycles. The topological polar surface area (TPSA) is 64.8 Å². The second kappa shape index (κ2) is 5.18. The number of halogens is 1. The maximum atomic E-state index is 12.5. The smallest absolute Gasteiger partial charge is 0.258 e. The minimum absolute atomic E-state index is 0.171. The number of hydrogen-bond donors (Lipinski definition) is 1. The molecule has 0 aliphatic carbocycles. The third-order valence-electron chi connectivity index (χ3n) is 3.28. The monoisotopic (exact) mass is 304 g/mol. The lowest BCUT2D eigenvalue weighted by Crippen LogP contribution is -2.27. The van der Waals surface area contributed by atoms with Crippen LogP contribution < -0.4 is 20.1 Å². The van der Waals surface area contributed by atoms with Gasteiger partial charge in [-0.05, 0) is 36.4 Å². The van der Waals surface area contributed by atoms with Gasteiger partial charge >= 0.3 is 0 Å². The van der Waals surface area contributed by atoms with Crippen molar-refractivity contribution in [2.45, 2.75) is 0 Å². The summed E-state index contributed by atoms with van der Waals surface area (Å²) in [4.78, 5) is 14.0. The molecule has 0 saturated carbocycles. The number of nitrogen functional groups attached to an aromatic ring is 1. The van der Waals surface area contributed by atoms with Gasteiger partial charge in [0, 0.05) is 17.6 Å². The number of nitrogens with zero attached hydrogens (tertiary/aromatic N) is 1. The zero-order chi connectivity index (χ0) is 15.0. The van der Waals surface area contributed by atoms with Crippen LogP contribution in [-0.2, 0) is 0 Å². The Morgan fingerprint density at radius 1 is 1.19 bits per heavy atom. The first-order chi connectivity index (χ1) is 10.1. The summed E-state index contributed by atoms with van der Waals surface area (Å²) in [5.74, 6) is 0.993. The summed E-state index contributed by atoms with van der Waals surface area (Å²) >= 11 is 5.96. The molecular weight excluding hydrogens is 292 g/mol. The molecule has 2 N–H and O–H groups in total. The van der Waals surface area contributed by atoms with E-state index in [1.54, 1.807) is 43.4 Å². The second-order valence-electron chi connectivity index (χ2n) is 4.64. The third-order valence-corrected chi connectivity index (χ3v) is 3.51. The van der Waals surface area contributed by atoms with Gasteiger partial charge < -0.3 is 20.1 Å². The van der Waals surface area contributed by atoms with Crippen LogP contribution in [0.4, 0.5) is 11.4 Å². The van der Waals surface area contributed by atoms with E-state index in [-0.39, 0.29) is 12.7 Å². The second-order valence-corrected chi connectivity index (χ2v) is 5.07. The van der Waals surface area contributed by atoms with E-state index < -0.39 is 0 Å². The highest BCUT2D eigenvalue weighted by molar-refractivity contribution is 6.31. The van der Waals surface area contributed by atoms with Gasteiger partial charge in [0.2, 0.25) is 6.79 Å². The number of rotatable bonds is 2. The van der Waals surface area contributed by atoms with E-state index in [0.717, 1.165) is 0 Å². The van der Waals surface area contributed by atoms with Gasteiger partial charge in [-0.3, -0.25) is 4.79 Å². The van der Waals surface area contributed by atoms with Crippen molar-refractivity contribution in [1.82, 2.24) is 0 Å². The van der Waals surface area contributed by atoms with Gasteiger partial charge in [0.15, 0.2) is 11.5 Å². The Morgan fingerprint density at radius 2 is 1.95 bits per heavy atom. The van der Waals surface area contributed by atoms with Crippen molar-refractivity contribution in [3.63, 3.8) is 0 Å². The number of fused-ring (bicyclic) bond motifs is 1. The molecule has 0 radical (unpaired) electrons. The van der Waals surface area contributed by atoms with E-state index in [4.69, 9.17) is 26.8 Å². The van der Waals surface area contributed by atoms with Gasteiger partial charge in [0.25, 0.3) is 5.91 Å². The summed E-state index contributed by atoms with van der Waals surface area (Å²) in [7, 11) is 1.65. The Hall–Kier alpha value is -2.40. The molecule has 5 nitrogen and oxygen atoms in total. The number of carbonyl (C=O) groups is 1. The number of hydrogen-bond acceptors (Lipinski definition) is 4. The molecule has 1 amide bonds. The molecule has 0 atom stereocenters. The average molecular weight is 305 g/mol. The number of carbonyl (C=O) groups excluding carboxylic acids is 1. The van der Waals surface area contributed by atoms with Crippen LogP contribution >= 0.6 is 11.6 Å². The molecule has 0 bridgehead atoms. The fourth-order valence-corrected chi connectivity index (χ4v) is 2.31. The Labute approximate surface area is 126 Å². The molecule has 0 saturated heterocycles. The summed E-state index contributed by atoms with van der Waals surface area (Å²) in [6, 6.07) is 10.1. The molecule has 21 heavy (non-hydrogen) atoms. The van der Waals surface area contributed by atoms with E-state index in [9.17, 15) is 4.79 Å². The lowest BCUT2D eigenvalue weighted by molar-refractivity contribution is 0.0992. The van der Waals surface area contributed by atoms with E-state index in [1.807, 2.05) is 0 Å². The quantitative estimate of drug-likeness (QED) is 0.866. The molecule has 0 fully saturated rings. The molecular formula is C15H13ClN2O3.